The van der Waals surface area contributed by atoms with Crippen LogP contribution in [0.4, 0.5) is 4.79 Å². The Morgan fingerprint density at radius 2 is 2.14 bits per heavy atom. The van der Waals surface area contributed by atoms with E-state index in [-0.39, 0.29) is 29.7 Å². The Morgan fingerprint density at radius 3 is 2.64 bits per heavy atom. The van der Waals surface area contributed by atoms with Gasteiger partial charge in [-0.3, -0.25) is 0 Å². The van der Waals surface area contributed by atoms with Crippen LogP contribution in [0.15, 0.2) is 4.52 Å². The quantitative estimate of drug-likeness (QED) is 0.926. The molecule has 2 amide bonds. The lowest BCUT2D eigenvalue weighted by atomic mass is 10.0. The summed E-state index contributed by atoms with van der Waals surface area (Å²) in [5.41, 5.74) is -0.344. The van der Waals surface area contributed by atoms with E-state index in [1.807, 2.05) is 34.6 Å². The molecule has 22 heavy (non-hydrogen) atoms. The Morgan fingerprint density at radius 1 is 1.45 bits per heavy atom. The van der Waals surface area contributed by atoms with Gasteiger partial charge in [-0.2, -0.15) is 4.98 Å². The first-order chi connectivity index (χ1) is 10.2. The van der Waals surface area contributed by atoms with E-state index in [1.165, 1.54) is 0 Å². The first kappa shape index (κ1) is 16.7. The van der Waals surface area contributed by atoms with Crippen LogP contribution in [0.25, 0.3) is 0 Å². The molecule has 1 fully saturated rings. The third-order valence-corrected chi connectivity index (χ3v) is 3.61. The molecule has 0 bridgehead atoms. The molecule has 0 radical (unpaired) electrons. The van der Waals surface area contributed by atoms with Crippen LogP contribution < -0.4 is 5.32 Å². The summed E-state index contributed by atoms with van der Waals surface area (Å²) in [6, 6.07) is -0.423. The summed E-state index contributed by atoms with van der Waals surface area (Å²) >= 11 is 0. The second kappa shape index (κ2) is 6.24. The summed E-state index contributed by atoms with van der Waals surface area (Å²) < 4.78 is 11.1. The van der Waals surface area contributed by atoms with Crippen LogP contribution in [-0.4, -0.2) is 45.9 Å². The molecule has 1 aliphatic heterocycles. The second-order valence-electron chi connectivity index (χ2n) is 6.92. The van der Waals surface area contributed by atoms with Crippen LogP contribution in [0.3, 0.4) is 0 Å². The van der Waals surface area contributed by atoms with E-state index in [9.17, 15) is 4.79 Å². The Balaban J connectivity index is 2.08. The summed E-state index contributed by atoms with van der Waals surface area (Å²) in [6.07, 6.45) is 0.0117. The number of hydrogen-bond donors (Lipinski definition) is 1. The summed E-state index contributed by atoms with van der Waals surface area (Å²) in [4.78, 5) is 18.6. The molecule has 0 aliphatic carbocycles. The van der Waals surface area contributed by atoms with Crippen molar-refractivity contribution in [3.05, 3.63) is 11.7 Å². The van der Waals surface area contributed by atoms with E-state index in [0.717, 1.165) is 0 Å². The van der Waals surface area contributed by atoms with E-state index in [1.54, 1.807) is 11.8 Å². The summed E-state index contributed by atoms with van der Waals surface area (Å²) in [5, 5.41) is 6.81. The van der Waals surface area contributed by atoms with Crippen LogP contribution in [0, 0.1) is 12.8 Å². The van der Waals surface area contributed by atoms with Crippen molar-refractivity contribution >= 4 is 6.03 Å². The molecule has 2 atom stereocenters. The van der Waals surface area contributed by atoms with Crippen molar-refractivity contribution in [2.75, 3.05) is 13.1 Å². The van der Waals surface area contributed by atoms with Crippen molar-refractivity contribution in [2.24, 2.45) is 5.92 Å². The number of amides is 2. The second-order valence-corrected chi connectivity index (χ2v) is 6.92. The van der Waals surface area contributed by atoms with Gasteiger partial charge < -0.3 is 19.5 Å². The third kappa shape index (κ3) is 3.97. The van der Waals surface area contributed by atoms with Crippen molar-refractivity contribution in [1.29, 1.82) is 0 Å². The summed E-state index contributed by atoms with van der Waals surface area (Å²) in [6.45, 7) is 12.9. The van der Waals surface area contributed by atoms with E-state index < -0.39 is 0 Å². The zero-order chi connectivity index (χ0) is 16.5. The highest BCUT2D eigenvalue weighted by atomic mass is 16.5. The topological polar surface area (TPSA) is 80.5 Å². The molecule has 0 spiro atoms. The van der Waals surface area contributed by atoms with Crippen molar-refractivity contribution < 1.29 is 14.1 Å². The lowest BCUT2D eigenvalue weighted by Gasteiger charge is -2.42. The fourth-order valence-electron chi connectivity index (χ4n) is 2.79. The fourth-order valence-corrected chi connectivity index (χ4v) is 2.79. The van der Waals surface area contributed by atoms with E-state index in [4.69, 9.17) is 9.26 Å². The highest BCUT2D eigenvalue weighted by molar-refractivity contribution is 5.74. The van der Waals surface area contributed by atoms with Gasteiger partial charge in [0.2, 0.25) is 5.89 Å². The van der Waals surface area contributed by atoms with Crippen LogP contribution in [-0.2, 0) is 4.74 Å². The maximum absolute atomic E-state index is 12.6. The minimum absolute atomic E-state index is 0.0117. The van der Waals surface area contributed by atoms with Crippen molar-refractivity contribution in [3.8, 4) is 0 Å². The monoisotopic (exact) mass is 310 g/mol. The fraction of sp³-hybridized carbons (Fsp3) is 0.800. The lowest BCUT2D eigenvalue weighted by molar-refractivity contribution is -0.117. The number of nitrogens with one attached hydrogen (secondary N) is 1. The number of aryl methyl sites for hydroxylation is 1. The zero-order valence-corrected chi connectivity index (χ0v) is 14.2. The van der Waals surface area contributed by atoms with Crippen molar-refractivity contribution in [3.63, 3.8) is 0 Å². The minimum atomic E-state index is -0.344. The smallest absolute Gasteiger partial charge is 0.318 e. The number of morpholine rings is 1. The zero-order valence-electron chi connectivity index (χ0n) is 14.2. The number of ether oxygens (including phenoxy) is 1. The van der Waals surface area contributed by atoms with Gasteiger partial charge >= 0.3 is 6.03 Å². The maximum Gasteiger partial charge on any atom is 0.318 e. The van der Waals surface area contributed by atoms with E-state index in [2.05, 4.69) is 15.5 Å². The Bertz CT molecular complexity index is 527. The molecule has 7 nitrogen and oxygen atoms in total. The largest absolute Gasteiger partial charge is 0.369 e. The van der Waals surface area contributed by atoms with Gasteiger partial charge in [0.1, 0.15) is 6.04 Å². The SMILES string of the molecule is Cc1noc([C@@H](NC(=O)N2C[C@H](C)OC(C)(C)C2)C(C)C)n1. The predicted molar refractivity (Wildman–Crippen MR) is 81.3 cm³/mol. The van der Waals surface area contributed by atoms with Crippen molar-refractivity contribution in [2.45, 2.75) is 59.3 Å². The Hall–Kier alpha value is -1.63. The van der Waals surface area contributed by atoms with E-state index >= 15 is 0 Å². The highest BCUT2D eigenvalue weighted by Crippen LogP contribution is 2.23. The van der Waals surface area contributed by atoms with Gasteiger partial charge in [0.15, 0.2) is 5.82 Å². The molecule has 0 aromatic carbocycles. The molecular formula is C15H26N4O3. The molecule has 1 saturated heterocycles. The molecule has 1 N–H and O–H groups in total. The number of rotatable bonds is 3. The summed E-state index contributed by atoms with van der Waals surface area (Å²) in [5.74, 6) is 1.16. The van der Waals surface area contributed by atoms with Gasteiger partial charge in [-0.05, 0) is 33.6 Å². The van der Waals surface area contributed by atoms with Gasteiger partial charge in [0, 0.05) is 6.54 Å². The maximum atomic E-state index is 12.6. The normalized spacial score (nSPS) is 22.7. The minimum Gasteiger partial charge on any atom is -0.369 e. The molecule has 7 heteroatoms. The van der Waals surface area contributed by atoms with Gasteiger partial charge in [-0.15, -0.1) is 0 Å². The summed E-state index contributed by atoms with van der Waals surface area (Å²) in [7, 11) is 0. The number of carbonyl (C=O) groups is 1. The van der Waals surface area contributed by atoms with Gasteiger partial charge in [-0.25, -0.2) is 4.79 Å². The van der Waals surface area contributed by atoms with Crippen molar-refractivity contribution in [1.82, 2.24) is 20.4 Å². The average Bonchev–Trinajstić information content (AvgIpc) is 2.79. The molecule has 124 valence electrons. The first-order valence-corrected chi connectivity index (χ1v) is 7.71. The highest BCUT2D eigenvalue weighted by Gasteiger charge is 2.35. The molecule has 2 rings (SSSR count). The Kier molecular flexibility index (Phi) is 4.75. The van der Waals surface area contributed by atoms with Gasteiger partial charge in [-0.1, -0.05) is 19.0 Å². The lowest BCUT2D eigenvalue weighted by Crippen LogP contribution is -2.56. The third-order valence-electron chi connectivity index (χ3n) is 3.61. The van der Waals surface area contributed by atoms with Crippen LogP contribution >= 0.6 is 0 Å². The molecule has 1 aliphatic rings. The first-order valence-electron chi connectivity index (χ1n) is 7.71. The van der Waals surface area contributed by atoms with E-state index in [0.29, 0.717) is 24.8 Å². The number of nitrogens with zero attached hydrogens (tertiary/aromatic N) is 3. The van der Waals surface area contributed by atoms with Crippen LogP contribution in [0.5, 0.6) is 0 Å². The van der Waals surface area contributed by atoms with Crippen LogP contribution in [0.1, 0.15) is 52.4 Å². The number of hydrogen-bond acceptors (Lipinski definition) is 5. The molecule has 1 aromatic heterocycles. The standard InChI is InChI=1S/C15H26N4O3/c1-9(2)12(13-16-11(4)18-22-13)17-14(20)19-7-10(3)21-15(5,6)8-19/h9-10,12H,7-8H2,1-6H3,(H,17,20)/t10-,12-/m0/s1. The van der Waals surface area contributed by atoms with Gasteiger partial charge in [0.25, 0.3) is 0 Å². The van der Waals surface area contributed by atoms with Crippen LogP contribution in [0.2, 0.25) is 0 Å². The average molecular weight is 310 g/mol. The molecule has 1 aromatic rings. The van der Waals surface area contributed by atoms with Gasteiger partial charge in [0.05, 0.1) is 18.2 Å². The number of urea groups is 1. The molecule has 0 unspecified atom stereocenters. The number of aromatic nitrogens is 2. The Labute approximate surface area is 131 Å². The molecule has 0 saturated carbocycles. The number of carbonyl (C=O) groups excluding carboxylic acids is 1. The predicted octanol–water partition coefficient (Wildman–Crippen LogP) is 2.28. The molecular weight excluding hydrogens is 284 g/mol. The molecule has 2 heterocycles.